The van der Waals surface area contributed by atoms with Crippen molar-refractivity contribution in [3.05, 3.63) is 36.3 Å². The van der Waals surface area contributed by atoms with Gasteiger partial charge in [0.15, 0.2) is 5.65 Å². The summed E-state index contributed by atoms with van der Waals surface area (Å²) in [4.78, 5) is 44.2. The highest BCUT2D eigenvalue weighted by molar-refractivity contribution is 6.12. The largest absolute Gasteiger partial charge is 0.490 e. The Labute approximate surface area is 240 Å². The Morgan fingerprint density at radius 3 is 2.27 bits per heavy atom. The van der Waals surface area contributed by atoms with Gasteiger partial charge < -0.3 is 14.6 Å². The van der Waals surface area contributed by atoms with E-state index in [2.05, 4.69) is 24.9 Å². The Hall–Kier alpha value is -4.78. The minimum Gasteiger partial charge on any atom is -0.489 e. The fourth-order valence-corrected chi connectivity index (χ4v) is 4.52. The first-order valence-electron chi connectivity index (χ1n) is 12.5. The van der Waals surface area contributed by atoms with Crippen molar-refractivity contribution in [3.63, 3.8) is 0 Å². The summed E-state index contributed by atoms with van der Waals surface area (Å²) in [5.74, 6) is -3.26. The molecule has 3 aromatic rings. The van der Waals surface area contributed by atoms with Crippen molar-refractivity contribution < 1.29 is 64.1 Å². The maximum atomic E-state index is 13.0. The summed E-state index contributed by atoms with van der Waals surface area (Å²) >= 11 is 0. The molecular weight excluding hydrogens is 620 g/mol. The second-order valence-electron chi connectivity index (χ2n) is 9.39. The molecule has 3 aromatic heterocycles. The SMILES string of the molecule is O=C(O)C(F)(F)F.O=C1CN(c2cncc(C(F)(F)F)c2)C(=O)N1[C@H]1CC[C@H](Oc2cnc3[nH]nc(OC(F)F)c3c2)CC1. The number of hydrogen-bond donors (Lipinski definition) is 2. The third kappa shape index (κ3) is 7.40. The van der Waals surface area contributed by atoms with Gasteiger partial charge in [-0.3, -0.25) is 24.7 Å². The number of rotatable bonds is 6. The molecule has 2 aliphatic rings. The molecule has 0 aromatic carbocycles. The predicted molar refractivity (Wildman–Crippen MR) is 130 cm³/mol. The lowest BCUT2D eigenvalue weighted by Crippen LogP contribution is -2.44. The number of nitrogens with zero attached hydrogens (tertiary/aromatic N) is 5. The summed E-state index contributed by atoms with van der Waals surface area (Å²) in [6, 6.07) is 1.12. The molecule has 4 heterocycles. The van der Waals surface area contributed by atoms with Gasteiger partial charge in [-0.2, -0.15) is 35.1 Å². The zero-order valence-corrected chi connectivity index (χ0v) is 21.9. The van der Waals surface area contributed by atoms with Gasteiger partial charge in [-0.25, -0.2) is 14.6 Å². The van der Waals surface area contributed by atoms with Gasteiger partial charge in [0.1, 0.15) is 12.3 Å². The number of amides is 3. The van der Waals surface area contributed by atoms with Crippen molar-refractivity contribution in [3.8, 4) is 11.6 Å². The predicted octanol–water partition coefficient (Wildman–Crippen LogP) is 4.77. The van der Waals surface area contributed by atoms with E-state index < -0.39 is 48.5 Å². The van der Waals surface area contributed by atoms with Crippen LogP contribution in [0.2, 0.25) is 0 Å². The molecule has 0 bridgehead atoms. The number of fused-ring (bicyclic) bond motifs is 1. The first-order valence-corrected chi connectivity index (χ1v) is 12.5. The van der Waals surface area contributed by atoms with Crippen molar-refractivity contribution in [2.45, 2.75) is 56.8 Å². The highest BCUT2D eigenvalue weighted by Crippen LogP contribution is 2.34. The smallest absolute Gasteiger partial charge is 0.489 e. The number of pyridine rings is 2. The number of hydrogen-bond acceptors (Lipinski definition) is 8. The standard InChI is InChI=1S/C22H19F5N6O4.C2HF3O2/c23-20(24)37-19-16-6-15(9-29-18(16)30-31-19)36-14-3-1-12(2-4-14)33-17(34)10-32(21(33)35)13-5-11(7-28-8-13)22(25,26)27;3-2(4,5)1(6)7/h5-9,12,14,20H,1-4,10H2,(H,29,30,31);(H,6,7)/t12-,14-;. The second-order valence-corrected chi connectivity index (χ2v) is 9.39. The fourth-order valence-electron chi connectivity index (χ4n) is 4.52. The van der Waals surface area contributed by atoms with Crippen LogP contribution >= 0.6 is 0 Å². The molecule has 0 spiro atoms. The Kier molecular flexibility index (Phi) is 9.09. The van der Waals surface area contributed by atoms with Gasteiger partial charge in [-0.05, 0) is 37.8 Å². The maximum absolute atomic E-state index is 13.0. The minimum atomic E-state index is -5.08. The first-order chi connectivity index (χ1) is 20.5. The van der Waals surface area contributed by atoms with Crippen molar-refractivity contribution in [1.29, 1.82) is 0 Å². The van der Waals surface area contributed by atoms with Crippen LogP contribution < -0.4 is 14.4 Å². The molecule has 2 N–H and O–H groups in total. The van der Waals surface area contributed by atoms with Gasteiger partial charge in [0.25, 0.3) is 5.91 Å². The van der Waals surface area contributed by atoms with E-state index in [1.807, 2.05) is 0 Å². The van der Waals surface area contributed by atoms with E-state index >= 15 is 0 Å². The number of anilines is 1. The topological polar surface area (TPSA) is 151 Å². The zero-order valence-electron chi connectivity index (χ0n) is 21.9. The molecule has 5 rings (SSSR count). The molecule has 12 nitrogen and oxygen atoms in total. The van der Waals surface area contributed by atoms with E-state index in [1.54, 1.807) is 0 Å². The summed E-state index contributed by atoms with van der Waals surface area (Å²) < 4.78 is 106. The molecule has 1 aliphatic heterocycles. The number of imide groups is 1. The minimum absolute atomic E-state index is 0.106. The monoisotopic (exact) mass is 640 g/mol. The number of ether oxygens (including phenoxy) is 2. The first kappa shape index (κ1) is 32.1. The molecule has 2 fully saturated rings. The van der Waals surface area contributed by atoms with Gasteiger partial charge in [-0.1, -0.05) is 0 Å². The average molecular weight is 640 g/mol. The van der Waals surface area contributed by atoms with Crippen LogP contribution in [0.3, 0.4) is 0 Å². The Bertz CT molecular complexity index is 1520. The maximum Gasteiger partial charge on any atom is 0.490 e. The van der Waals surface area contributed by atoms with E-state index in [9.17, 15) is 44.7 Å². The van der Waals surface area contributed by atoms with Crippen molar-refractivity contribution in [1.82, 2.24) is 25.1 Å². The number of aliphatic carboxylic acids is 1. The highest BCUT2D eigenvalue weighted by atomic mass is 19.4. The molecule has 0 unspecified atom stereocenters. The number of carbonyl (C=O) groups is 3. The number of carboxylic acid groups (broad SMARTS) is 1. The third-order valence-corrected chi connectivity index (χ3v) is 6.47. The Morgan fingerprint density at radius 2 is 1.68 bits per heavy atom. The molecule has 44 heavy (non-hydrogen) atoms. The summed E-state index contributed by atoms with van der Waals surface area (Å²) in [5, 5.41) is 13.5. The van der Waals surface area contributed by atoms with Gasteiger partial charge in [0.2, 0.25) is 5.88 Å². The molecule has 238 valence electrons. The van der Waals surface area contributed by atoms with Crippen molar-refractivity contribution in [2.24, 2.45) is 0 Å². The Balaban J connectivity index is 0.000000566. The van der Waals surface area contributed by atoms with Crippen LogP contribution in [-0.2, 0) is 15.8 Å². The highest BCUT2D eigenvalue weighted by Gasteiger charge is 2.43. The number of carboxylic acids is 1. The van der Waals surface area contributed by atoms with E-state index in [0.717, 1.165) is 22.1 Å². The summed E-state index contributed by atoms with van der Waals surface area (Å²) in [5.41, 5.74) is -0.874. The normalized spacial score (nSPS) is 19.3. The van der Waals surface area contributed by atoms with Crippen LogP contribution in [0, 0.1) is 0 Å². The van der Waals surface area contributed by atoms with Crippen LogP contribution in [0.25, 0.3) is 11.0 Å². The number of alkyl halides is 8. The van der Waals surface area contributed by atoms with Crippen molar-refractivity contribution >= 4 is 34.6 Å². The summed E-state index contributed by atoms with van der Waals surface area (Å²) in [7, 11) is 0. The Morgan fingerprint density at radius 1 is 1.02 bits per heavy atom. The number of urea groups is 1. The average Bonchev–Trinajstić information content (AvgIpc) is 3.47. The lowest BCUT2D eigenvalue weighted by molar-refractivity contribution is -0.192. The van der Waals surface area contributed by atoms with Gasteiger partial charge >= 0.3 is 31.0 Å². The van der Waals surface area contributed by atoms with Gasteiger partial charge in [0, 0.05) is 12.2 Å². The quantitative estimate of drug-likeness (QED) is 0.287. The van der Waals surface area contributed by atoms with Gasteiger partial charge in [0.05, 0.1) is 35.1 Å². The molecular formula is C24H20F8N6O6. The molecule has 1 saturated heterocycles. The van der Waals surface area contributed by atoms with E-state index in [4.69, 9.17) is 14.6 Å². The number of aromatic amines is 1. The molecule has 20 heteroatoms. The number of halogens is 8. The van der Waals surface area contributed by atoms with Crippen LogP contribution in [-0.4, -0.2) is 79.6 Å². The number of carbonyl (C=O) groups excluding carboxylic acids is 2. The molecule has 3 amide bonds. The number of nitrogens with one attached hydrogen (secondary N) is 1. The zero-order chi connectivity index (χ0) is 32.4. The van der Waals surface area contributed by atoms with Crippen LogP contribution in [0.4, 0.5) is 45.6 Å². The molecule has 1 aliphatic carbocycles. The molecule has 1 saturated carbocycles. The molecule has 0 radical (unpaired) electrons. The lowest BCUT2D eigenvalue weighted by Gasteiger charge is -2.33. The van der Waals surface area contributed by atoms with Crippen molar-refractivity contribution in [2.75, 3.05) is 11.4 Å². The lowest BCUT2D eigenvalue weighted by atomic mass is 9.92. The van der Waals surface area contributed by atoms with Crippen LogP contribution in [0.1, 0.15) is 31.2 Å². The van der Waals surface area contributed by atoms with Crippen LogP contribution in [0.5, 0.6) is 11.6 Å². The number of H-pyrrole nitrogens is 1. The third-order valence-electron chi connectivity index (χ3n) is 6.47. The second kappa shape index (κ2) is 12.4. The molecule has 0 atom stereocenters. The fraction of sp³-hybridized carbons (Fsp3) is 0.417. The van der Waals surface area contributed by atoms with E-state index in [-0.39, 0.29) is 35.2 Å². The van der Waals surface area contributed by atoms with E-state index in [1.165, 1.54) is 12.3 Å². The van der Waals surface area contributed by atoms with Crippen LogP contribution in [0.15, 0.2) is 30.7 Å². The van der Waals surface area contributed by atoms with Gasteiger partial charge in [-0.15, -0.1) is 5.10 Å². The number of aromatic nitrogens is 4. The summed E-state index contributed by atoms with van der Waals surface area (Å²) in [6.45, 7) is -3.43. The summed E-state index contributed by atoms with van der Waals surface area (Å²) in [6.07, 6.45) is -5.08. The van der Waals surface area contributed by atoms with E-state index in [0.29, 0.717) is 37.6 Å².